The predicted molar refractivity (Wildman–Crippen MR) is 122 cm³/mol. The van der Waals surface area contributed by atoms with Crippen LogP contribution in [0.3, 0.4) is 0 Å². The van der Waals surface area contributed by atoms with Crippen LogP contribution in [0.1, 0.15) is 36.0 Å². The van der Waals surface area contributed by atoms with Crippen molar-refractivity contribution in [2.45, 2.75) is 44.9 Å². The van der Waals surface area contributed by atoms with Crippen LogP contribution in [0, 0.1) is 5.92 Å². The standard InChI is InChI=1S/C24H35N5O2/c1-25-24(29-9-6-20(17-29)13-22-15-27-28(2)16-22)26-14-19-4-3-5-21(12-19)18-31-23-7-10-30-11-8-23/h3-5,12,15-16,20,23H,6-11,13-14,17-18H2,1-2H3,(H,25,26). The number of rotatable bonds is 7. The summed E-state index contributed by atoms with van der Waals surface area (Å²) in [7, 11) is 3.84. The molecule has 0 spiro atoms. The zero-order valence-electron chi connectivity index (χ0n) is 18.8. The molecule has 0 amide bonds. The first-order valence-electron chi connectivity index (χ1n) is 11.4. The second-order valence-electron chi connectivity index (χ2n) is 8.67. The molecule has 2 aromatic rings. The number of ether oxygens (including phenoxy) is 2. The van der Waals surface area contributed by atoms with Gasteiger partial charge in [-0.3, -0.25) is 9.67 Å². The van der Waals surface area contributed by atoms with Crippen LogP contribution in [0.4, 0.5) is 0 Å². The summed E-state index contributed by atoms with van der Waals surface area (Å²) in [6, 6.07) is 8.64. The Morgan fingerprint density at radius 3 is 2.84 bits per heavy atom. The van der Waals surface area contributed by atoms with Crippen LogP contribution >= 0.6 is 0 Å². The van der Waals surface area contributed by atoms with Crippen LogP contribution in [0.25, 0.3) is 0 Å². The molecule has 0 aliphatic carbocycles. The lowest BCUT2D eigenvalue weighted by Gasteiger charge is -2.23. The van der Waals surface area contributed by atoms with Gasteiger partial charge in [0, 0.05) is 53.1 Å². The van der Waals surface area contributed by atoms with Gasteiger partial charge in [0.1, 0.15) is 0 Å². The van der Waals surface area contributed by atoms with Gasteiger partial charge in [-0.2, -0.15) is 5.10 Å². The van der Waals surface area contributed by atoms with Crippen molar-refractivity contribution in [3.63, 3.8) is 0 Å². The molecule has 31 heavy (non-hydrogen) atoms. The summed E-state index contributed by atoms with van der Waals surface area (Å²) < 4.78 is 13.4. The fourth-order valence-electron chi connectivity index (χ4n) is 4.50. The number of aromatic nitrogens is 2. The van der Waals surface area contributed by atoms with Gasteiger partial charge in [-0.15, -0.1) is 0 Å². The molecular formula is C24H35N5O2. The van der Waals surface area contributed by atoms with Crippen molar-refractivity contribution in [3.05, 3.63) is 53.3 Å². The molecule has 1 N–H and O–H groups in total. The lowest BCUT2D eigenvalue weighted by atomic mass is 10.0. The van der Waals surface area contributed by atoms with E-state index in [0.29, 0.717) is 18.6 Å². The van der Waals surface area contributed by atoms with Gasteiger partial charge in [-0.25, -0.2) is 0 Å². The van der Waals surface area contributed by atoms with Gasteiger partial charge in [0.25, 0.3) is 0 Å². The Bertz CT molecular complexity index is 859. The van der Waals surface area contributed by atoms with E-state index in [1.807, 2.05) is 25.0 Å². The average molecular weight is 426 g/mol. The van der Waals surface area contributed by atoms with E-state index in [9.17, 15) is 0 Å². The molecule has 0 saturated carbocycles. The summed E-state index contributed by atoms with van der Waals surface area (Å²) in [5.41, 5.74) is 3.79. The van der Waals surface area contributed by atoms with E-state index in [1.165, 1.54) is 23.1 Å². The maximum atomic E-state index is 6.08. The smallest absolute Gasteiger partial charge is 0.193 e. The van der Waals surface area contributed by atoms with Crippen molar-refractivity contribution in [3.8, 4) is 0 Å². The number of hydrogen-bond donors (Lipinski definition) is 1. The number of benzene rings is 1. The van der Waals surface area contributed by atoms with Crippen molar-refractivity contribution < 1.29 is 9.47 Å². The van der Waals surface area contributed by atoms with E-state index in [1.54, 1.807) is 0 Å². The Morgan fingerprint density at radius 2 is 2.06 bits per heavy atom. The molecular weight excluding hydrogens is 390 g/mol. The Balaban J connectivity index is 1.25. The molecule has 1 aromatic carbocycles. The van der Waals surface area contributed by atoms with Crippen LogP contribution in [0.2, 0.25) is 0 Å². The zero-order valence-corrected chi connectivity index (χ0v) is 18.8. The van der Waals surface area contributed by atoms with Crippen molar-refractivity contribution in [1.29, 1.82) is 0 Å². The van der Waals surface area contributed by atoms with Gasteiger partial charge in [0.05, 0.1) is 18.9 Å². The van der Waals surface area contributed by atoms with Crippen molar-refractivity contribution in [1.82, 2.24) is 20.0 Å². The molecule has 2 fully saturated rings. The van der Waals surface area contributed by atoms with Gasteiger partial charge in [-0.05, 0) is 48.3 Å². The molecule has 2 aliphatic heterocycles. The van der Waals surface area contributed by atoms with Gasteiger partial charge in [0.15, 0.2) is 5.96 Å². The number of aliphatic imine (C=N–C) groups is 1. The van der Waals surface area contributed by atoms with Crippen molar-refractivity contribution in [2.75, 3.05) is 33.4 Å². The van der Waals surface area contributed by atoms with E-state index >= 15 is 0 Å². The first-order valence-corrected chi connectivity index (χ1v) is 11.4. The second-order valence-corrected chi connectivity index (χ2v) is 8.67. The van der Waals surface area contributed by atoms with E-state index in [4.69, 9.17) is 9.47 Å². The fourth-order valence-corrected chi connectivity index (χ4v) is 4.50. The second kappa shape index (κ2) is 10.8. The van der Waals surface area contributed by atoms with Crippen LogP contribution in [-0.2, 0) is 36.1 Å². The van der Waals surface area contributed by atoms with E-state index < -0.39 is 0 Å². The summed E-state index contributed by atoms with van der Waals surface area (Å²) in [6.45, 7) is 5.13. The number of aryl methyl sites for hydroxylation is 1. The molecule has 168 valence electrons. The first-order chi connectivity index (χ1) is 15.2. The van der Waals surface area contributed by atoms with Crippen LogP contribution in [0.5, 0.6) is 0 Å². The monoisotopic (exact) mass is 425 g/mol. The normalized spacial score (nSPS) is 20.4. The molecule has 2 saturated heterocycles. The quantitative estimate of drug-likeness (QED) is 0.546. The number of likely N-dealkylation sites (tertiary alicyclic amines) is 1. The van der Waals surface area contributed by atoms with Crippen molar-refractivity contribution in [2.24, 2.45) is 18.0 Å². The van der Waals surface area contributed by atoms with Gasteiger partial charge in [-0.1, -0.05) is 24.3 Å². The van der Waals surface area contributed by atoms with Gasteiger partial charge in [0.2, 0.25) is 0 Å². The summed E-state index contributed by atoms with van der Waals surface area (Å²) in [6.07, 6.45) is 8.68. The van der Waals surface area contributed by atoms with E-state index in [-0.39, 0.29) is 0 Å². The number of nitrogens with zero attached hydrogens (tertiary/aromatic N) is 4. The van der Waals surface area contributed by atoms with Crippen LogP contribution in [-0.4, -0.2) is 60.1 Å². The SMILES string of the molecule is CN=C(NCc1cccc(COC2CCOCC2)c1)N1CCC(Cc2cnn(C)c2)C1. The summed E-state index contributed by atoms with van der Waals surface area (Å²) in [5.74, 6) is 1.63. The highest BCUT2D eigenvalue weighted by atomic mass is 16.5. The highest BCUT2D eigenvalue weighted by Gasteiger charge is 2.25. The predicted octanol–water partition coefficient (Wildman–Crippen LogP) is 2.76. The first kappa shape index (κ1) is 21.8. The third-order valence-electron chi connectivity index (χ3n) is 6.18. The minimum atomic E-state index is 0.323. The third-order valence-corrected chi connectivity index (χ3v) is 6.18. The molecule has 1 aromatic heterocycles. The zero-order chi connectivity index (χ0) is 21.5. The maximum Gasteiger partial charge on any atom is 0.193 e. The molecule has 1 unspecified atom stereocenters. The molecule has 7 heteroatoms. The van der Waals surface area contributed by atoms with Crippen LogP contribution in [0.15, 0.2) is 41.7 Å². The minimum absolute atomic E-state index is 0.323. The van der Waals surface area contributed by atoms with E-state index in [2.05, 4.69) is 50.8 Å². The number of nitrogens with one attached hydrogen (secondary N) is 1. The van der Waals surface area contributed by atoms with Gasteiger partial charge >= 0.3 is 0 Å². The summed E-state index contributed by atoms with van der Waals surface area (Å²) in [4.78, 5) is 6.90. The number of hydrogen-bond acceptors (Lipinski definition) is 4. The molecule has 2 aliphatic rings. The summed E-state index contributed by atoms with van der Waals surface area (Å²) in [5, 5.41) is 7.84. The topological polar surface area (TPSA) is 63.9 Å². The Labute approximate surface area is 185 Å². The maximum absolute atomic E-state index is 6.08. The molecule has 1 atom stereocenters. The fraction of sp³-hybridized carbons (Fsp3) is 0.583. The largest absolute Gasteiger partial charge is 0.381 e. The third kappa shape index (κ3) is 6.31. The van der Waals surface area contributed by atoms with Gasteiger partial charge < -0.3 is 19.7 Å². The molecule has 7 nitrogen and oxygen atoms in total. The van der Waals surface area contributed by atoms with E-state index in [0.717, 1.165) is 58.1 Å². The Hall–Kier alpha value is -2.38. The molecule has 4 rings (SSSR count). The number of guanidine groups is 1. The lowest BCUT2D eigenvalue weighted by Crippen LogP contribution is -2.39. The molecule has 0 radical (unpaired) electrons. The minimum Gasteiger partial charge on any atom is -0.381 e. The highest BCUT2D eigenvalue weighted by Crippen LogP contribution is 2.21. The van der Waals surface area contributed by atoms with Crippen molar-refractivity contribution >= 4 is 5.96 Å². The lowest BCUT2D eigenvalue weighted by molar-refractivity contribution is -0.0390. The summed E-state index contributed by atoms with van der Waals surface area (Å²) >= 11 is 0. The molecule has 0 bridgehead atoms. The Morgan fingerprint density at radius 1 is 1.23 bits per heavy atom. The molecule has 3 heterocycles. The highest BCUT2D eigenvalue weighted by molar-refractivity contribution is 5.80. The van der Waals surface area contributed by atoms with Crippen LogP contribution < -0.4 is 5.32 Å². The average Bonchev–Trinajstić information content (AvgIpc) is 3.43. The Kier molecular flexibility index (Phi) is 7.59.